The predicted octanol–water partition coefficient (Wildman–Crippen LogP) is 3.05. The Kier molecular flexibility index (Phi) is 4.75. The molecular weight excluding hydrogens is 292 g/mol. The number of amides is 1. The fourth-order valence-corrected chi connectivity index (χ4v) is 2.10. The molecule has 0 fully saturated rings. The van der Waals surface area contributed by atoms with Crippen LogP contribution < -0.4 is 10.1 Å². The first kappa shape index (κ1) is 15.9. The molecule has 0 aliphatic carbocycles. The minimum absolute atomic E-state index is 0.00172. The van der Waals surface area contributed by atoms with Crippen LogP contribution in [-0.2, 0) is 11.3 Å². The minimum atomic E-state index is -2.95. The summed E-state index contributed by atoms with van der Waals surface area (Å²) in [6, 6.07) is 6.47. The lowest BCUT2D eigenvalue weighted by atomic mass is 10.2. The topological polar surface area (TPSA) is 56.1 Å². The average Bonchev–Trinajstić information content (AvgIpc) is 2.70. The molecule has 1 amide bonds. The maximum Gasteiger partial charge on any atom is 0.387 e. The summed E-state index contributed by atoms with van der Waals surface area (Å²) in [6.07, 6.45) is 0. The molecule has 1 heterocycles. The number of carbonyl (C=O) groups is 1. The molecular formula is C15H17F2N3O2. The van der Waals surface area contributed by atoms with Crippen LogP contribution in [0.25, 0.3) is 0 Å². The molecule has 1 aromatic heterocycles. The Morgan fingerprint density at radius 3 is 2.64 bits per heavy atom. The SMILES string of the molecule is Cc1ccc(OC(F)F)c(NC(=O)Cn2nc(C)cc2C)c1. The summed E-state index contributed by atoms with van der Waals surface area (Å²) in [5.74, 6) is -0.432. The van der Waals surface area contributed by atoms with Gasteiger partial charge in [0.05, 0.1) is 11.4 Å². The first-order valence-corrected chi connectivity index (χ1v) is 6.71. The smallest absolute Gasteiger partial charge is 0.387 e. The van der Waals surface area contributed by atoms with Gasteiger partial charge >= 0.3 is 6.61 Å². The predicted molar refractivity (Wildman–Crippen MR) is 78.1 cm³/mol. The van der Waals surface area contributed by atoms with Crippen molar-refractivity contribution in [2.45, 2.75) is 33.9 Å². The van der Waals surface area contributed by atoms with Gasteiger partial charge in [-0.15, -0.1) is 0 Å². The van der Waals surface area contributed by atoms with Crippen LogP contribution in [0.2, 0.25) is 0 Å². The lowest BCUT2D eigenvalue weighted by molar-refractivity contribution is -0.117. The molecule has 118 valence electrons. The maximum absolute atomic E-state index is 12.4. The second-order valence-corrected chi connectivity index (χ2v) is 5.01. The third kappa shape index (κ3) is 4.03. The number of hydrogen-bond donors (Lipinski definition) is 1. The van der Waals surface area contributed by atoms with E-state index in [0.717, 1.165) is 17.0 Å². The zero-order chi connectivity index (χ0) is 16.3. The van der Waals surface area contributed by atoms with Gasteiger partial charge in [-0.3, -0.25) is 9.48 Å². The highest BCUT2D eigenvalue weighted by atomic mass is 19.3. The van der Waals surface area contributed by atoms with Crippen LogP contribution in [0.1, 0.15) is 17.0 Å². The summed E-state index contributed by atoms with van der Waals surface area (Å²) in [5, 5.41) is 6.77. The van der Waals surface area contributed by atoms with Gasteiger partial charge in [0.15, 0.2) is 0 Å². The Morgan fingerprint density at radius 1 is 1.32 bits per heavy atom. The van der Waals surface area contributed by atoms with Crippen molar-refractivity contribution in [3.63, 3.8) is 0 Å². The van der Waals surface area contributed by atoms with Gasteiger partial charge in [0.2, 0.25) is 5.91 Å². The molecule has 0 spiro atoms. The van der Waals surface area contributed by atoms with Crippen LogP contribution in [0.3, 0.4) is 0 Å². The van der Waals surface area contributed by atoms with Crippen LogP contribution in [-0.4, -0.2) is 22.3 Å². The second kappa shape index (κ2) is 6.55. The molecule has 0 aliphatic heterocycles. The van der Waals surface area contributed by atoms with Crippen molar-refractivity contribution in [2.75, 3.05) is 5.32 Å². The summed E-state index contributed by atoms with van der Waals surface area (Å²) < 4.78 is 30.7. The van der Waals surface area contributed by atoms with E-state index < -0.39 is 6.61 Å². The molecule has 2 aromatic rings. The molecule has 7 heteroatoms. The van der Waals surface area contributed by atoms with E-state index >= 15 is 0 Å². The van der Waals surface area contributed by atoms with Crippen molar-refractivity contribution in [1.82, 2.24) is 9.78 Å². The fraction of sp³-hybridized carbons (Fsp3) is 0.333. The lowest BCUT2D eigenvalue weighted by Gasteiger charge is -2.13. The number of hydrogen-bond acceptors (Lipinski definition) is 3. The Morgan fingerprint density at radius 2 is 2.05 bits per heavy atom. The van der Waals surface area contributed by atoms with Crippen molar-refractivity contribution in [1.29, 1.82) is 0 Å². The number of carbonyl (C=O) groups excluding carboxylic acids is 1. The van der Waals surface area contributed by atoms with Gasteiger partial charge < -0.3 is 10.1 Å². The van der Waals surface area contributed by atoms with E-state index in [1.54, 1.807) is 23.7 Å². The van der Waals surface area contributed by atoms with Gasteiger partial charge in [-0.05, 0) is 44.5 Å². The lowest BCUT2D eigenvalue weighted by Crippen LogP contribution is -2.21. The molecule has 2 rings (SSSR count). The van der Waals surface area contributed by atoms with Crippen molar-refractivity contribution in [3.8, 4) is 5.75 Å². The highest BCUT2D eigenvalue weighted by molar-refractivity contribution is 5.92. The van der Waals surface area contributed by atoms with Crippen molar-refractivity contribution < 1.29 is 18.3 Å². The van der Waals surface area contributed by atoms with E-state index in [9.17, 15) is 13.6 Å². The number of nitrogens with one attached hydrogen (secondary N) is 1. The third-order valence-electron chi connectivity index (χ3n) is 3.02. The molecule has 0 unspecified atom stereocenters. The summed E-state index contributed by atoms with van der Waals surface area (Å²) >= 11 is 0. The summed E-state index contributed by atoms with van der Waals surface area (Å²) in [4.78, 5) is 12.1. The molecule has 0 atom stereocenters. The molecule has 0 radical (unpaired) electrons. The van der Waals surface area contributed by atoms with Crippen LogP contribution in [0.15, 0.2) is 24.3 Å². The third-order valence-corrected chi connectivity index (χ3v) is 3.02. The number of halogens is 2. The monoisotopic (exact) mass is 309 g/mol. The van der Waals surface area contributed by atoms with Gasteiger partial charge in [-0.2, -0.15) is 13.9 Å². The Balaban J connectivity index is 2.13. The molecule has 1 N–H and O–H groups in total. The average molecular weight is 309 g/mol. The highest BCUT2D eigenvalue weighted by Gasteiger charge is 2.13. The molecule has 1 aromatic carbocycles. The van der Waals surface area contributed by atoms with Crippen LogP contribution in [0.5, 0.6) is 5.75 Å². The summed E-state index contributed by atoms with van der Waals surface area (Å²) in [7, 11) is 0. The summed E-state index contributed by atoms with van der Waals surface area (Å²) in [5.41, 5.74) is 2.69. The van der Waals surface area contributed by atoms with Gasteiger partial charge in [0, 0.05) is 5.69 Å². The van der Waals surface area contributed by atoms with E-state index in [1.807, 2.05) is 19.9 Å². The fourth-order valence-electron chi connectivity index (χ4n) is 2.10. The largest absolute Gasteiger partial charge is 0.433 e. The number of benzene rings is 1. The highest BCUT2D eigenvalue weighted by Crippen LogP contribution is 2.27. The Bertz CT molecular complexity index is 683. The molecule has 0 aliphatic rings. The van der Waals surface area contributed by atoms with Gasteiger partial charge in [-0.25, -0.2) is 0 Å². The number of nitrogens with zero attached hydrogens (tertiary/aromatic N) is 2. The van der Waals surface area contributed by atoms with Crippen LogP contribution in [0.4, 0.5) is 14.5 Å². The van der Waals surface area contributed by atoms with E-state index in [1.165, 1.54) is 6.07 Å². The number of alkyl halides is 2. The van der Waals surface area contributed by atoms with Gasteiger partial charge in [-0.1, -0.05) is 6.07 Å². The first-order chi connectivity index (χ1) is 10.3. The van der Waals surface area contributed by atoms with Crippen LogP contribution in [0, 0.1) is 20.8 Å². The number of rotatable bonds is 5. The number of aryl methyl sites for hydroxylation is 3. The van der Waals surface area contributed by atoms with E-state index in [2.05, 4.69) is 15.2 Å². The number of aromatic nitrogens is 2. The number of anilines is 1. The Hall–Kier alpha value is -2.44. The summed E-state index contributed by atoms with van der Waals surface area (Å²) in [6.45, 7) is 2.52. The minimum Gasteiger partial charge on any atom is -0.433 e. The van der Waals surface area contributed by atoms with Crippen molar-refractivity contribution in [2.24, 2.45) is 0 Å². The first-order valence-electron chi connectivity index (χ1n) is 6.71. The van der Waals surface area contributed by atoms with E-state index in [-0.39, 0.29) is 23.9 Å². The molecule has 22 heavy (non-hydrogen) atoms. The zero-order valence-electron chi connectivity index (χ0n) is 12.6. The van der Waals surface area contributed by atoms with Crippen molar-refractivity contribution in [3.05, 3.63) is 41.2 Å². The second-order valence-electron chi connectivity index (χ2n) is 5.01. The van der Waals surface area contributed by atoms with E-state index in [0.29, 0.717) is 0 Å². The standard InChI is InChI=1S/C15H17F2N3O2/c1-9-4-5-13(22-15(16)17)12(6-9)18-14(21)8-20-11(3)7-10(2)19-20/h4-7,15H,8H2,1-3H3,(H,18,21). The maximum atomic E-state index is 12.4. The number of ether oxygens (including phenoxy) is 1. The van der Waals surface area contributed by atoms with Gasteiger partial charge in [0.25, 0.3) is 0 Å². The molecule has 0 bridgehead atoms. The zero-order valence-corrected chi connectivity index (χ0v) is 12.6. The van der Waals surface area contributed by atoms with E-state index in [4.69, 9.17) is 0 Å². The molecule has 5 nitrogen and oxygen atoms in total. The van der Waals surface area contributed by atoms with Crippen molar-refractivity contribution >= 4 is 11.6 Å². The molecule has 0 saturated carbocycles. The van der Waals surface area contributed by atoms with Crippen LogP contribution >= 0.6 is 0 Å². The quantitative estimate of drug-likeness (QED) is 0.923. The molecule has 0 saturated heterocycles. The van der Waals surface area contributed by atoms with Gasteiger partial charge in [0.1, 0.15) is 12.3 Å². The normalized spacial score (nSPS) is 10.8. The Labute approximate surface area is 126 Å².